The van der Waals surface area contributed by atoms with E-state index in [1.54, 1.807) is 18.2 Å². The fourth-order valence-corrected chi connectivity index (χ4v) is 2.66. The van der Waals surface area contributed by atoms with E-state index in [1.165, 1.54) is 13.2 Å². The molecule has 29 heavy (non-hydrogen) atoms. The normalized spacial score (nSPS) is 10.5. The van der Waals surface area contributed by atoms with Crippen molar-refractivity contribution in [3.8, 4) is 17.2 Å². The number of fused-ring (bicyclic) bond motifs is 1. The lowest BCUT2D eigenvalue weighted by Gasteiger charge is -2.15. The van der Waals surface area contributed by atoms with Crippen molar-refractivity contribution in [1.82, 2.24) is 0 Å². The van der Waals surface area contributed by atoms with Crippen molar-refractivity contribution >= 4 is 34.7 Å². The highest BCUT2D eigenvalue weighted by molar-refractivity contribution is 6.31. The number of rotatable bonds is 9. The first-order valence-corrected chi connectivity index (χ1v) is 9.87. The Morgan fingerprint density at radius 3 is 2.07 bits per heavy atom. The van der Waals surface area contributed by atoms with Crippen molar-refractivity contribution < 1.29 is 33.3 Å². The van der Waals surface area contributed by atoms with Gasteiger partial charge in [0.2, 0.25) is 0 Å². The fraction of sp³-hybridized carbons (Fsp3) is 0.429. The average Bonchev–Trinajstić information content (AvgIpc) is 2.70. The van der Waals surface area contributed by atoms with Gasteiger partial charge in [0.25, 0.3) is 0 Å². The van der Waals surface area contributed by atoms with E-state index in [4.69, 9.17) is 35.3 Å². The molecule has 0 fully saturated rings. The first-order chi connectivity index (χ1) is 14.0. The van der Waals surface area contributed by atoms with E-state index in [2.05, 4.69) is 0 Å². The molecule has 2 rings (SSSR count). The van der Waals surface area contributed by atoms with Crippen LogP contribution in [0, 0.1) is 0 Å². The maximum Gasteiger partial charge on any atom is 0.513 e. The molecule has 7 nitrogen and oxygen atoms in total. The molecule has 0 unspecified atom stereocenters. The number of unbranched alkanes of at least 4 members (excludes halogenated alkanes) is 2. The molecule has 0 N–H and O–H groups in total. The summed E-state index contributed by atoms with van der Waals surface area (Å²) in [5, 5.41) is 1.35. The van der Waals surface area contributed by atoms with Crippen LogP contribution in [0.4, 0.5) is 9.59 Å². The Bertz CT molecular complexity index is 851. The molecule has 8 heteroatoms. The first-order valence-electron chi connectivity index (χ1n) is 9.49. The van der Waals surface area contributed by atoms with Crippen LogP contribution in [0.5, 0.6) is 17.2 Å². The van der Waals surface area contributed by atoms with Gasteiger partial charge >= 0.3 is 12.3 Å². The standard InChI is InChI=1S/C21H25ClO7/c1-4-6-10-26-20(23)28-17-13-18(25-3)19(29-21(24)27-11-7-5-2)15-9-8-14(22)12-16(15)17/h8-9,12-13H,4-7,10-11H2,1-3H3. The predicted molar refractivity (Wildman–Crippen MR) is 109 cm³/mol. The highest BCUT2D eigenvalue weighted by atomic mass is 35.5. The number of carbonyl (C=O) groups is 2. The quantitative estimate of drug-likeness (QED) is 0.272. The van der Waals surface area contributed by atoms with Crippen molar-refractivity contribution in [3.63, 3.8) is 0 Å². The maximum atomic E-state index is 12.0. The minimum absolute atomic E-state index is 0.146. The molecule has 0 atom stereocenters. The molecule has 0 saturated carbocycles. The van der Waals surface area contributed by atoms with Crippen LogP contribution in [0.3, 0.4) is 0 Å². The minimum Gasteiger partial charge on any atom is -0.493 e. The smallest absolute Gasteiger partial charge is 0.493 e. The third-order valence-corrected chi connectivity index (χ3v) is 4.25. The Morgan fingerprint density at radius 1 is 0.862 bits per heavy atom. The minimum atomic E-state index is -0.847. The molecule has 0 saturated heterocycles. The van der Waals surface area contributed by atoms with Gasteiger partial charge in [-0.2, -0.15) is 0 Å². The molecule has 2 aromatic carbocycles. The largest absolute Gasteiger partial charge is 0.513 e. The molecular formula is C21H25ClO7. The highest BCUT2D eigenvalue weighted by Gasteiger charge is 2.21. The summed E-state index contributed by atoms with van der Waals surface area (Å²) in [4.78, 5) is 24.0. The second kappa shape index (κ2) is 11.4. The second-order valence-corrected chi connectivity index (χ2v) is 6.64. The van der Waals surface area contributed by atoms with Crippen LogP contribution in [0.15, 0.2) is 24.3 Å². The number of halogens is 1. The summed E-state index contributed by atoms with van der Waals surface area (Å²) >= 11 is 6.11. The molecule has 0 heterocycles. The molecule has 0 aliphatic carbocycles. The van der Waals surface area contributed by atoms with E-state index < -0.39 is 12.3 Å². The summed E-state index contributed by atoms with van der Waals surface area (Å²) in [7, 11) is 1.41. The first kappa shape index (κ1) is 22.6. The topological polar surface area (TPSA) is 80.3 Å². The monoisotopic (exact) mass is 424 g/mol. The van der Waals surface area contributed by atoms with Crippen molar-refractivity contribution in [2.75, 3.05) is 20.3 Å². The molecule has 0 aromatic heterocycles. The summed E-state index contributed by atoms with van der Waals surface area (Å²) in [6.07, 6.45) is 1.56. The predicted octanol–water partition coefficient (Wildman–Crippen LogP) is 6.13. The lowest BCUT2D eigenvalue weighted by Crippen LogP contribution is -2.13. The summed E-state index contributed by atoms with van der Waals surface area (Å²) in [6, 6.07) is 6.31. The molecule has 158 valence electrons. The SMILES string of the molecule is CCCCOC(=O)Oc1cc(OC)c(OC(=O)OCCCC)c2ccc(Cl)cc12. The Balaban J connectivity index is 2.36. The fourth-order valence-electron chi connectivity index (χ4n) is 2.49. The third kappa shape index (κ3) is 6.42. The van der Waals surface area contributed by atoms with Gasteiger partial charge in [0.1, 0.15) is 5.75 Å². The molecule has 2 aromatic rings. The van der Waals surface area contributed by atoms with Crippen LogP contribution < -0.4 is 14.2 Å². The summed E-state index contributed by atoms with van der Waals surface area (Å²) in [5.74, 6) is 0.517. The van der Waals surface area contributed by atoms with Gasteiger partial charge in [-0.3, -0.25) is 0 Å². The zero-order valence-electron chi connectivity index (χ0n) is 16.8. The lowest BCUT2D eigenvalue weighted by molar-refractivity contribution is 0.0954. The van der Waals surface area contributed by atoms with Crippen LogP contribution >= 0.6 is 11.6 Å². The van der Waals surface area contributed by atoms with E-state index in [-0.39, 0.29) is 30.5 Å². The number of benzene rings is 2. The van der Waals surface area contributed by atoms with Gasteiger partial charge in [0.05, 0.1) is 20.3 Å². The van der Waals surface area contributed by atoms with Gasteiger partial charge in [-0.15, -0.1) is 0 Å². The zero-order valence-corrected chi connectivity index (χ0v) is 17.5. The lowest BCUT2D eigenvalue weighted by atomic mass is 10.1. The van der Waals surface area contributed by atoms with Crippen LogP contribution in [-0.2, 0) is 9.47 Å². The third-order valence-electron chi connectivity index (χ3n) is 4.01. The van der Waals surface area contributed by atoms with E-state index in [0.29, 0.717) is 15.8 Å². The Morgan fingerprint density at radius 2 is 1.48 bits per heavy atom. The Labute approximate surface area is 174 Å². The van der Waals surface area contributed by atoms with Crippen LogP contribution in [0.1, 0.15) is 39.5 Å². The number of methoxy groups -OCH3 is 1. The Kier molecular flexibility index (Phi) is 8.86. The Hall–Kier alpha value is -2.67. The van der Waals surface area contributed by atoms with E-state index in [0.717, 1.165) is 25.7 Å². The van der Waals surface area contributed by atoms with E-state index in [1.807, 2.05) is 13.8 Å². The average molecular weight is 425 g/mol. The van der Waals surface area contributed by atoms with E-state index >= 15 is 0 Å². The second-order valence-electron chi connectivity index (χ2n) is 6.20. The molecule has 0 aliphatic rings. The van der Waals surface area contributed by atoms with Crippen molar-refractivity contribution in [3.05, 3.63) is 29.3 Å². The molecule has 0 bridgehead atoms. The van der Waals surface area contributed by atoms with Crippen molar-refractivity contribution in [2.45, 2.75) is 39.5 Å². The molecular weight excluding hydrogens is 400 g/mol. The summed E-state index contributed by atoms with van der Waals surface area (Å²) in [6.45, 7) is 4.49. The van der Waals surface area contributed by atoms with Gasteiger partial charge in [-0.1, -0.05) is 38.3 Å². The molecule has 0 radical (unpaired) electrons. The molecule has 0 amide bonds. The van der Waals surface area contributed by atoms with Crippen molar-refractivity contribution in [1.29, 1.82) is 0 Å². The van der Waals surface area contributed by atoms with Gasteiger partial charge in [0, 0.05) is 21.9 Å². The van der Waals surface area contributed by atoms with Crippen molar-refractivity contribution in [2.24, 2.45) is 0 Å². The molecule has 0 spiro atoms. The molecule has 0 aliphatic heterocycles. The van der Waals surface area contributed by atoms with Gasteiger partial charge in [-0.05, 0) is 31.0 Å². The van der Waals surface area contributed by atoms with Crippen LogP contribution in [0.2, 0.25) is 5.02 Å². The van der Waals surface area contributed by atoms with Crippen LogP contribution in [0.25, 0.3) is 10.8 Å². The van der Waals surface area contributed by atoms with Gasteiger partial charge in [-0.25, -0.2) is 9.59 Å². The maximum absolute atomic E-state index is 12.0. The number of carbonyl (C=O) groups excluding carboxylic acids is 2. The van der Waals surface area contributed by atoms with Gasteiger partial charge < -0.3 is 23.7 Å². The van der Waals surface area contributed by atoms with Crippen LogP contribution in [-0.4, -0.2) is 32.6 Å². The number of ether oxygens (including phenoxy) is 5. The summed E-state index contributed by atoms with van der Waals surface area (Å²) < 4.78 is 26.2. The highest BCUT2D eigenvalue weighted by Crippen LogP contribution is 2.42. The summed E-state index contributed by atoms with van der Waals surface area (Å²) in [5.41, 5.74) is 0. The van der Waals surface area contributed by atoms with E-state index in [9.17, 15) is 9.59 Å². The number of hydrogen-bond acceptors (Lipinski definition) is 7. The number of hydrogen-bond donors (Lipinski definition) is 0. The van der Waals surface area contributed by atoms with Gasteiger partial charge in [0.15, 0.2) is 11.5 Å². The zero-order chi connectivity index (χ0) is 21.2.